The molecule has 9 nitrogen and oxygen atoms in total. The molecule has 4 aromatic rings. The van der Waals surface area contributed by atoms with Gasteiger partial charge in [0.1, 0.15) is 0 Å². The molecule has 0 saturated carbocycles. The summed E-state index contributed by atoms with van der Waals surface area (Å²) in [5, 5.41) is 3.97. The Morgan fingerprint density at radius 1 is 1.06 bits per heavy atom. The molecule has 9 heteroatoms. The Morgan fingerprint density at radius 3 is 2.58 bits per heavy atom. The highest BCUT2D eigenvalue weighted by Crippen LogP contribution is 2.40. The maximum Gasteiger partial charge on any atom is 0.330 e. The van der Waals surface area contributed by atoms with Crippen LogP contribution in [0, 0.1) is 0 Å². The summed E-state index contributed by atoms with van der Waals surface area (Å²) in [6.45, 7) is 0.264. The van der Waals surface area contributed by atoms with Gasteiger partial charge in [-0.15, -0.1) is 0 Å². The molecule has 186 valence electrons. The second-order valence-electron chi connectivity index (χ2n) is 8.35. The molecule has 0 aliphatic rings. The summed E-state index contributed by atoms with van der Waals surface area (Å²) in [6, 6.07) is 13.6. The molecule has 0 fully saturated rings. The number of aromatic amines is 1. The van der Waals surface area contributed by atoms with E-state index < -0.39 is 11.2 Å². The van der Waals surface area contributed by atoms with Gasteiger partial charge in [0, 0.05) is 61.5 Å². The molecular formula is C27H28N4O5. The number of ether oxygens (including phenoxy) is 2. The molecule has 0 saturated heterocycles. The summed E-state index contributed by atoms with van der Waals surface area (Å²) in [7, 11) is 6.11. The van der Waals surface area contributed by atoms with Gasteiger partial charge < -0.3 is 24.3 Å². The number of nitrogens with one attached hydrogen (secondary N) is 2. The summed E-state index contributed by atoms with van der Waals surface area (Å²) in [4.78, 5) is 40.3. The number of rotatable bonds is 8. The number of carbonyl (C=O) groups is 1. The lowest BCUT2D eigenvalue weighted by Gasteiger charge is -2.21. The number of nitrogens with zero attached hydrogens (tertiary/aromatic N) is 2. The van der Waals surface area contributed by atoms with Crippen LogP contribution in [0.15, 0.2) is 70.5 Å². The molecular weight excluding hydrogens is 460 g/mol. The monoisotopic (exact) mass is 488 g/mol. The molecule has 1 atom stereocenters. The van der Waals surface area contributed by atoms with Crippen LogP contribution in [-0.4, -0.2) is 40.8 Å². The number of hydrogen-bond acceptors (Lipinski definition) is 5. The van der Waals surface area contributed by atoms with Crippen molar-refractivity contribution in [2.45, 2.75) is 5.92 Å². The second-order valence-corrected chi connectivity index (χ2v) is 8.35. The maximum atomic E-state index is 12.8. The molecule has 1 amide bonds. The number of fused-ring (bicyclic) bond motifs is 1. The van der Waals surface area contributed by atoms with E-state index in [1.54, 1.807) is 21.3 Å². The van der Waals surface area contributed by atoms with Crippen LogP contribution >= 0.6 is 0 Å². The van der Waals surface area contributed by atoms with Gasteiger partial charge in [-0.1, -0.05) is 30.3 Å². The van der Waals surface area contributed by atoms with Crippen molar-refractivity contribution in [3.8, 4) is 11.5 Å². The minimum Gasteiger partial charge on any atom is -0.493 e. The predicted octanol–water partition coefficient (Wildman–Crippen LogP) is 2.54. The van der Waals surface area contributed by atoms with E-state index in [1.807, 2.05) is 48.7 Å². The van der Waals surface area contributed by atoms with Gasteiger partial charge in [0.25, 0.3) is 5.56 Å². The third kappa shape index (κ3) is 4.68. The normalized spacial score (nSPS) is 12.1. The first kappa shape index (κ1) is 24.6. The van der Waals surface area contributed by atoms with Crippen LogP contribution in [0.5, 0.6) is 11.5 Å². The maximum absolute atomic E-state index is 12.8. The molecule has 0 radical (unpaired) electrons. The third-order valence-corrected chi connectivity index (χ3v) is 6.17. The van der Waals surface area contributed by atoms with E-state index in [0.29, 0.717) is 11.5 Å². The van der Waals surface area contributed by atoms with Crippen LogP contribution in [0.1, 0.15) is 22.6 Å². The number of aromatic nitrogens is 3. The lowest BCUT2D eigenvalue weighted by molar-refractivity contribution is -0.116. The molecule has 1 unspecified atom stereocenters. The largest absolute Gasteiger partial charge is 0.493 e. The van der Waals surface area contributed by atoms with Crippen LogP contribution in [0.4, 0.5) is 0 Å². The average Bonchev–Trinajstić information content (AvgIpc) is 3.32. The van der Waals surface area contributed by atoms with Crippen molar-refractivity contribution in [2.75, 3.05) is 20.8 Å². The lowest BCUT2D eigenvalue weighted by Crippen LogP contribution is -2.37. The van der Waals surface area contributed by atoms with Crippen molar-refractivity contribution >= 4 is 22.9 Å². The smallest absolute Gasteiger partial charge is 0.330 e. The lowest BCUT2D eigenvalue weighted by atomic mass is 9.90. The number of para-hydroxylation sites is 2. The Balaban J connectivity index is 1.66. The van der Waals surface area contributed by atoms with Gasteiger partial charge in [-0.05, 0) is 23.8 Å². The van der Waals surface area contributed by atoms with Crippen molar-refractivity contribution in [2.24, 2.45) is 14.1 Å². The van der Waals surface area contributed by atoms with Gasteiger partial charge in [-0.2, -0.15) is 0 Å². The zero-order valence-electron chi connectivity index (χ0n) is 20.6. The Kier molecular flexibility index (Phi) is 7.10. The van der Waals surface area contributed by atoms with Crippen LogP contribution in [0.25, 0.3) is 17.0 Å². The number of H-pyrrole nitrogens is 1. The molecule has 0 aliphatic carbocycles. The summed E-state index contributed by atoms with van der Waals surface area (Å²) in [6.07, 6.45) is 6.04. The van der Waals surface area contributed by atoms with Gasteiger partial charge in [-0.3, -0.25) is 14.2 Å². The number of carbonyl (C=O) groups excluding carboxylic acids is 1. The SMILES string of the molecule is COc1cccc(C(CNC(=O)/C=C/c2cn(C)c(=O)n(C)c2=O)c2c[nH]c3ccccc23)c1OC. The van der Waals surface area contributed by atoms with Crippen molar-refractivity contribution in [1.82, 2.24) is 19.4 Å². The first-order chi connectivity index (χ1) is 17.3. The van der Waals surface area contributed by atoms with Crippen LogP contribution in [0.2, 0.25) is 0 Å². The fraction of sp³-hybridized carbons (Fsp3) is 0.222. The fourth-order valence-corrected chi connectivity index (χ4v) is 4.33. The molecule has 36 heavy (non-hydrogen) atoms. The summed E-state index contributed by atoms with van der Waals surface area (Å²) >= 11 is 0. The Bertz CT molecular complexity index is 1560. The number of aryl methyl sites for hydroxylation is 1. The first-order valence-corrected chi connectivity index (χ1v) is 11.3. The van der Waals surface area contributed by atoms with Gasteiger partial charge in [0.05, 0.1) is 19.8 Å². The zero-order chi connectivity index (χ0) is 25.8. The van der Waals surface area contributed by atoms with Crippen LogP contribution in [-0.2, 0) is 18.9 Å². The Labute approximate surface area is 207 Å². The van der Waals surface area contributed by atoms with E-state index in [0.717, 1.165) is 26.6 Å². The van der Waals surface area contributed by atoms with Crippen molar-refractivity contribution in [3.05, 3.63) is 98.5 Å². The fourth-order valence-electron chi connectivity index (χ4n) is 4.33. The van der Waals surface area contributed by atoms with Gasteiger partial charge in [0.15, 0.2) is 11.5 Å². The van der Waals surface area contributed by atoms with Crippen LogP contribution < -0.4 is 26.0 Å². The molecule has 2 N–H and O–H groups in total. The minimum absolute atomic E-state index is 0.234. The van der Waals surface area contributed by atoms with Crippen molar-refractivity contribution < 1.29 is 14.3 Å². The van der Waals surface area contributed by atoms with E-state index in [1.165, 1.54) is 30.0 Å². The van der Waals surface area contributed by atoms with E-state index in [4.69, 9.17) is 9.47 Å². The minimum atomic E-state index is -0.472. The van der Waals surface area contributed by atoms with Gasteiger partial charge in [0.2, 0.25) is 5.91 Å². The highest BCUT2D eigenvalue weighted by molar-refractivity contribution is 5.92. The highest BCUT2D eigenvalue weighted by atomic mass is 16.5. The number of amides is 1. The quantitative estimate of drug-likeness (QED) is 0.371. The molecule has 0 bridgehead atoms. The summed E-state index contributed by atoms with van der Waals surface area (Å²) in [5.74, 6) is 0.553. The Hall–Kier alpha value is -4.53. The van der Waals surface area contributed by atoms with Crippen molar-refractivity contribution in [1.29, 1.82) is 0 Å². The summed E-state index contributed by atoms with van der Waals surface area (Å²) in [5.41, 5.74) is 2.16. The molecule has 0 spiro atoms. The first-order valence-electron chi connectivity index (χ1n) is 11.3. The van der Waals surface area contributed by atoms with E-state index >= 15 is 0 Å². The van der Waals surface area contributed by atoms with Gasteiger partial charge in [-0.25, -0.2) is 4.79 Å². The highest BCUT2D eigenvalue weighted by Gasteiger charge is 2.24. The molecule has 2 aromatic carbocycles. The van der Waals surface area contributed by atoms with Gasteiger partial charge >= 0.3 is 5.69 Å². The number of benzene rings is 2. The number of hydrogen-bond donors (Lipinski definition) is 2. The number of methoxy groups -OCH3 is 2. The summed E-state index contributed by atoms with van der Waals surface area (Å²) < 4.78 is 13.5. The van der Waals surface area contributed by atoms with E-state index in [9.17, 15) is 14.4 Å². The van der Waals surface area contributed by atoms with E-state index in [2.05, 4.69) is 10.3 Å². The standard InChI is InChI=1S/C27H28N4O5/c1-30-16-17(26(33)31(2)27(30)34)12-13-24(32)29-15-21(19-9-7-11-23(35-3)25(19)36-4)20-14-28-22-10-6-5-8-18(20)22/h5-14,16,21,28H,15H2,1-4H3,(H,29,32)/b13-12+. The van der Waals surface area contributed by atoms with E-state index in [-0.39, 0.29) is 23.9 Å². The molecule has 4 rings (SSSR count). The second kappa shape index (κ2) is 10.4. The topological polar surface area (TPSA) is 107 Å². The zero-order valence-corrected chi connectivity index (χ0v) is 20.6. The molecule has 2 aromatic heterocycles. The average molecular weight is 489 g/mol. The molecule has 0 aliphatic heterocycles. The Morgan fingerprint density at radius 2 is 1.83 bits per heavy atom. The van der Waals surface area contributed by atoms with Crippen LogP contribution in [0.3, 0.4) is 0 Å². The van der Waals surface area contributed by atoms with Crippen molar-refractivity contribution in [3.63, 3.8) is 0 Å². The third-order valence-electron chi connectivity index (χ3n) is 6.17. The molecule has 2 heterocycles. The predicted molar refractivity (Wildman–Crippen MR) is 139 cm³/mol.